The second-order valence-corrected chi connectivity index (χ2v) is 4.47. The number of fused-ring (bicyclic) bond motifs is 1. The van der Waals surface area contributed by atoms with Gasteiger partial charge in [-0.1, -0.05) is 0 Å². The number of aromatic nitrogens is 3. The Morgan fingerprint density at radius 3 is 2.53 bits per heavy atom. The topological polar surface area (TPSA) is 145 Å². The predicted octanol–water partition coefficient (Wildman–Crippen LogP) is -0.489. The molecule has 0 saturated heterocycles. The Morgan fingerprint density at radius 2 is 2.00 bits per heavy atom. The fourth-order valence-electron chi connectivity index (χ4n) is 1.23. The van der Waals surface area contributed by atoms with E-state index in [1.807, 2.05) is 0 Å². The van der Waals surface area contributed by atoms with E-state index < -0.39 is 25.5 Å². The molecule has 0 amide bonds. The van der Waals surface area contributed by atoms with E-state index in [-0.39, 0.29) is 33.4 Å². The molecule has 17 heavy (non-hydrogen) atoms. The maximum atomic E-state index is 11.2. The summed E-state index contributed by atoms with van der Waals surface area (Å²) in [6, 6.07) is 1.95. The third kappa shape index (κ3) is 2.50. The Labute approximate surface area is 110 Å². The van der Waals surface area contributed by atoms with E-state index in [9.17, 15) is 18.5 Å². The summed E-state index contributed by atoms with van der Waals surface area (Å²) >= 11 is 0. The van der Waals surface area contributed by atoms with Crippen molar-refractivity contribution in [2.75, 3.05) is 0 Å². The van der Waals surface area contributed by atoms with Crippen LogP contribution < -0.4 is 5.14 Å². The molecule has 3 N–H and O–H groups in total. The molecular weight excluding hydrogens is 346 g/mol. The quantitative estimate of drug-likeness (QED) is 0.424. The van der Waals surface area contributed by atoms with Crippen LogP contribution in [0.3, 0.4) is 0 Å². The van der Waals surface area contributed by atoms with E-state index in [0.29, 0.717) is 0 Å². The molecular formula is C6H5AgN5O4S+. The van der Waals surface area contributed by atoms with Crippen LogP contribution in [-0.2, 0) is 32.4 Å². The minimum absolute atomic E-state index is 0. The van der Waals surface area contributed by atoms with Crippen molar-refractivity contribution in [1.82, 2.24) is 15.4 Å². The van der Waals surface area contributed by atoms with Gasteiger partial charge in [0.1, 0.15) is 15.9 Å². The largest absolute Gasteiger partial charge is 1.00 e. The number of nitrogens with one attached hydrogen (secondary N) is 1. The molecule has 1 heterocycles. The third-order valence-electron chi connectivity index (χ3n) is 1.89. The number of non-ortho nitro benzene ring substituents is 1. The maximum absolute atomic E-state index is 11.2. The molecule has 0 atom stereocenters. The van der Waals surface area contributed by atoms with Gasteiger partial charge in [-0.05, 0) is 0 Å². The number of rotatable bonds is 2. The van der Waals surface area contributed by atoms with Gasteiger partial charge in [0.05, 0.1) is 4.92 Å². The fourth-order valence-corrected chi connectivity index (χ4v) is 1.93. The van der Waals surface area contributed by atoms with Crippen LogP contribution in [0.5, 0.6) is 0 Å². The molecule has 1 aromatic carbocycles. The molecule has 0 saturated carbocycles. The number of nitro groups is 1. The number of sulfonamides is 1. The second-order valence-electron chi connectivity index (χ2n) is 2.94. The van der Waals surface area contributed by atoms with Gasteiger partial charge in [-0.25, -0.2) is 13.6 Å². The first-order chi connectivity index (χ1) is 7.39. The van der Waals surface area contributed by atoms with Crippen LogP contribution in [0.2, 0.25) is 0 Å². The summed E-state index contributed by atoms with van der Waals surface area (Å²) < 4.78 is 22.4. The van der Waals surface area contributed by atoms with Gasteiger partial charge in [0.15, 0.2) is 0 Å². The SMILES string of the molecule is NS(=O)(=O)c1cc([N+](=O)[O-])cc2n[nH]nc12.[Ag+]. The standard InChI is InChI=1S/C6H5N5O4S.Ag/c7-16(14,15)5-2-3(11(12)13)1-4-6(5)9-10-8-4;/h1-2H,(H2,7,14,15)(H,8,9,10);/q;+1. The number of primary sulfonamides is 1. The van der Waals surface area contributed by atoms with E-state index in [2.05, 4.69) is 15.4 Å². The molecule has 0 fully saturated rings. The van der Waals surface area contributed by atoms with Gasteiger partial charge >= 0.3 is 22.4 Å². The summed E-state index contributed by atoms with van der Waals surface area (Å²) in [5.41, 5.74) is -0.364. The van der Waals surface area contributed by atoms with E-state index >= 15 is 0 Å². The van der Waals surface area contributed by atoms with Gasteiger partial charge in [-0.3, -0.25) is 10.1 Å². The Kier molecular flexibility index (Phi) is 3.64. The summed E-state index contributed by atoms with van der Waals surface area (Å²) in [7, 11) is -4.08. The van der Waals surface area contributed by atoms with Crippen molar-refractivity contribution < 1.29 is 35.7 Å². The van der Waals surface area contributed by atoms with Crippen LogP contribution in [0.4, 0.5) is 5.69 Å². The molecule has 0 spiro atoms. The van der Waals surface area contributed by atoms with Gasteiger partial charge in [0, 0.05) is 12.1 Å². The van der Waals surface area contributed by atoms with Crippen LogP contribution in [0.25, 0.3) is 11.0 Å². The molecule has 0 bridgehead atoms. The van der Waals surface area contributed by atoms with Crippen molar-refractivity contribution in [2.45, 2.75) is 4.90 Å². The van der Waals surface area contributed by atoms with Crippen LogP contribution in [0.15, 0.2) is 17.0 Å². The minimum atomic E-state index is -4.08. The number of nitrogens with two attached hydrogens (primary N) is 1. The molecule has 0 radical (unpaired) electrons. The molecule has 1 aromatic heterocycles. The summed E-state index contributed by atoms with van der Waals surface area (Å²) in [6.07, 6.45) is 0. The molecule has 2 aromatic rings. The Bertz CT molecular complexity index is 681. The summed E-state index contributed by atoms with van der Waals surface area (Å²) in [6.45, 7) is 0. The second kappa shape index (κ2) is 4.50. The molecule has 0 aliphatic carbocycles. The maximum Gasteiger partial charge on any atom is 1.00 e. The van der Waals surface area contributed by atoms with Crippen LogP contribution in [-0.4, -0.2) is 28.8 Å². The zero-order chi connectivity index (χ0) is 11.9. The zero-order valence-electron chi connectivity index (χ0n) is 7.92. The molecule has 0 aliphatic heterocycles. The number of H-pyrrole nitrogens is 1. The van der Waals surface area contributed by atoms with Crippen LogP contribution in [0, 0.1) is 10.1 Å². The van der Waals surface area contributed by atoms with Gasteiger partial charge in [-0.2, -0.15) is 15.4 Å². The normalized spacial score (nSPS) is 11.1. The van der Waals surface area contributed by atoms with Crippen LogP contribution >= 0.6 is 0 Å². The number of hydrogen-bond acceptors (Lipinski definition) is 6. The van der Waals surface area contributed by atoms with Crippen LogP contribution in [0.1, 0.15) is 0 Å². The van der Waals surface area contributed by atoms with Gasteiger partial charge in [0.2, 0.25) is 10.0 Å². The van der Waals surface area contributed by atoms with Crippen molar-refractivity contribution in [3.63, 3.8) is 0 Å². The zero-order valence-corrected chi connectivity index (χ0v) is 10.2. The predicted molar refractivity (Wildman–Crippen MR) is 51.9 cm³/mol. The summed E-state index contributed by atoms with van der Waals surface area (Å²) in [5, 5.41) is 24.8. The summed E-state index contributed by atoms with van der Waals surface area (Å²) in [4.78, 5) is 9.40. The van der Waals surface area contributed by atoms with Gasteiger partial charge in [0.25, 0.3) is 5.69 Å². The number of hydrogen-bond donors (Lipinski definition) is 2. The number of benzene rings is 1. The monoisotopic (exact) mass is 350 g/mol. The number of aromatic amines is 1. The van der Waals surface area contributed by atoms with E-state index in [1.165, 1.54) is 0 Å². The first-order valence-corrected chi connectivity index (χ1v) is 5.46. The molecule has 0 unspecified atom stereocenters. The Morgan fingerprint density at radius 1 is 1.35 bits per heavy atom. The van der Waals surface area contributed by atoms with E-state index in [0.717, 1.165) is 12.1 Å². The first kappa shape index (κ1) is 13.7. The average molecular weight is 351 g/mol. The van der Waals surface area contributed by atoms with Crippen molar-refractivity contribution >= 4 is 26.7 Å². The first-order valence-electron chi connectivity index (χ1n) is 3.91. The number of nitrogens with zero attached hydrogens (tertiary/aromatic N) is 3. The molecule has 94 valence electrons. The fraction of sp³-hybridized carbons (Fsp3) is 0. The van der Waals surface area contributed by atoms with Crippen molar-refractivity contribution in [1.29, 1.82) is 0 Å². The van der Waals surface area contributed by atoms with Crippen molar-refractivity contribution in [3.8, 4) is 0 Å². The average Bonchev–Trinajstić information content (AvgIpc) is 2.61. The Balaban J connectivity index is 0.00000144. The van der Waals surface area contributed by atoms with E-state index in [4.69, 9.17) is 5.14 Å². The molecule has 2 rings (SSSR count). The third-order valence-corrected chi connectivity index (χ3v) is 2.81. The smallest absolute Gasteiger partial charge is 0.258 e. The Hall–Kier alpha value is -1.33. The number of nitro benzene ring substituents is 1. The van der Waals surface area contributed by atoms with Gasteiger partial charge < -0.3 is 0 Å². The molecule has 0 aliphatic rings. The van der Waals surface area contributed by atoms with E-state index in [1.54, 1.807) is 0 Å². The summed E-state index contributed by atoms with van der Waals surface area (Å²) in [5.74, 6) is 0. The molecule has 9 nitrogen and oxygen atoms in total. The van der Waals surface area contributed by atoms with Crippen molar-refractivity contribution in [2.24, 2.45) is 5.14 Å². The minimum Gasteiger partial charge on any atom is -0.258 e. The van der Waals surface area contributed by atoms with Gasteiger partial charge in [-0.15, -0.1) is 0 Å². The van der Waals surface area contributed by atoms with Crippen molar-refractivity contribution in [3.05, 3.63) is 22.2 Å². The molecule has 11 heteroatoms.